The molecular formula is C18H19N5O3S. The Morgan fingerprint density at radius 3 is 2.85 bits per heavy atom. The van der Waals surface area contributed by atoms with Crippen molar-refractivity contribution in [1.29, 1.82) is 0 Å². The molecule has 1 aromatic carbocycles. The molecular weight excluding hydrogens is 366 g/mol. The molecule has 1 saturated heterocycles. The van der Waals surface area contributed by atoms with Crippen LogP contribution in [-0.4, -0.2) is 39.6 Å². The molecule has 9 heteroatoms. The Balaban J connectivity index is 1.49. The van der Waals surface area contributed by atoms with Gasteiger partial charge in [0.15, 0.2) is 0 Å². The first-order valence-electron chi connectivity index (χ1n) is 8.59. The average Bonchev–Trinajstić information content (AvgIpc) is 3.42. The smallest absolute Gasteiger partial charge is 0.275 e. The van der Waals surface area contributed by atoms with Gasteiger partial charge in [0.2, 0.25) is 5.13 Å². The van der Waals surface area contributed by atoms with Crippen LogP contribution in [0.3, 0.4) is 0 Å². The van der Waals surface area contributed by atoms with E-state index in [4.69, 9.17) is 9.47 Å². The molecule has 3 heterocycles. The summed E-state index contributed by atoms with van der Waals surface area (Å²) in [7, 11) is 3.36. The first kappa shape index (κ1) is 17.6. The van der Waals surface area contributed by atoms with Gasteiger partial charge in [-0.1, -0.05) is 11.3 Å². The van der Waals surface area contributed by atoms with E-state index < -0.39 is 0 Å². The van der Waals surface area contributed by atoms with Crippen LogP contribution < -0.4 is 10.1 Å². The quantitative estimate of drug-likeness (QED) is 0.726. The van der Waals surface area contributed by atoms with Crippen molar-refractivity contribution >= 4 is 22.4 Å². The van der Waals surface area contributed by atoms with Gasteiger partial charge in [0.25, 0.3) is 5.91 Å². The highest BCUT2D eigenvalue weighted by atomic mass is 32.1. The molecule has 1 atom stereocenters. The van der Waals surface area contributed by atoms with Crippen molar-refractivity contribution in [3.63, 3.8) is 0 Å². The number of ether oxygens (including phenoxy) is 2. The lowest BCUT2D eigenvalue weighted by molar-refractivity contribution is 0.101. The minimum absolute atomic E-state index is 0.00784. The van der Waals surface area contributed by atoms with E-state index in [0.717, 1.165) is 35.8 Å². The summed E-state index contributed by atoms with van der Waals surface area (Å²) >= 11 is 1.34. The van der Waals surface area contributed by atoms with Gasteiger partial charge in [-0.15, -0.1) is 10.2 Å². The van der Waals surface area contributed by atoms with Crippen molar-refractivity contribution in [3.05, 3.63) is 41.0 Å². The van der Waals surface area contributed by atoms with Crippen LogP contribution in [0.5, 0.6) is 5.75 Å². The van der Waals surface area contributed by atoms with Crippen molar-refractivity contribution in [2.75, 3.05) is 19.0 Å². The second-order valence-electron chi connectivity index (χ2n) is 6.17. The van der Waals surface area contributed by atoms with Gasteiger partial charge in [-0.25, -0.2) is 0 Å². The van der Waals surface area contributed by atoms with Crippen molar-refractivity contribution in [2.45, 2.75) is 18.9 Å². The maximum Gasteiger partial charge on any atom is 0.275 e. The summed E-state index contributed by atoms with van der Waals surface area (Å²) in [5.74, 6) is 0.491. The average molecular weight is 385 g/mol. The van der Waals surface area contributed by atoms with Gasteiger partial charge in [-0.3, -0.25) is 14.8 Å². The van der Waals surface area contributed by atoms with Crippen molar-refractivity contribution in [1.82, 2.24) is 20.0 Å². The number of carbonyl (C=O) groups is 1. The molecule has 2 aromatic heterocycles. The van der Waals surface area contributed by atoms with Gasteiger partial charge in [-0.05, 0) is 43.2 Å². The zero-order valence-electron chi connectivity index (χ0n) is 15.0. The number of aromatic nitrogens is 4. The third-order valence-corrected chi connectivity index (χ3v) is 5.30. The van der Waals surface area contributed by atoms with E-state index in [1.54, 1.807) is 24.9 Å². The summed E-state index contributed by atoms with van der Waals surface area (Å²) < 4.78 is 12.3. The van der Waals surface area contributed by atoms with Crippen LogP contribution in [-0.2, 0) is 11.8 Å². The Morgan fingerprint density at radius 1 is 1.33 bits per heavy atom. The number of anilines is 1. The van der Waals surface area contributed by atoms with Crippen LogP contribution in [0.25, 0.3) is 11.3 Å². The lowest BCUT2D eigenvalue weighted by atomic mass is 10.1. The number of hydrogen-bond donors (Lipinski definition) is 1. The fourth-order valence-corrected chi connectivity index (χ4v) is 3.75. The summed E-state index contributed by atoms with van der Waals surface area (Å²) in [6.07, 6.45) is 1.96. The summed E-state index contributed by atoms with van der Waals surface area (Å²) in [6.45, 7) is 0.745. The zero-order chi connectivity index (χ0) is 18.8. The molecule has 0 bridgehead atoms. The van der Waals surface area contributed by atoms with Crippen molar-refractivity contribution in [2.24, 2.45) is 7.05 Å². The van der Waals surface area contributed by atoms with Gasteiger partial charge < -0.3 is 9.47 Å². The first-order valence-corrected chi connectivity index (χ1v) is 9.40. The molecule has 8 nitrogen and oxygen atoms in total. The number of aryl methyl sites for hydroxylation is 1. The number of hydrogen-bond acceptors (Lipinski definition) is 7. The molecule has 1 aliphatic heterocycles. The molecule has 0 unspecified atom stereocenters. The summed E-state index contributed by atoms with van der Waals surface area (Å²) in [5.41, 5.74) is 2.05. The van der Waals surface area contributed by atoms with E-state index in [2.05, 4.69) is 20.6 Å². The van der Waals surface area contributed by atoms with E-state index in [0.29, 0.717) is 16.5 Å². The van der Waals surface area contributed by atoms with E-state index in [-0.39, 0.29) is 12.0 Å². The van der Waals surface area contributed by atoms with E-state index in [9.17, 15) is 4.79 Å². The van der Waals surface area contributed by atoms with Gasteiger partial charge in [0, 0.05) is 19.2 Å². The minimum atomic E-state index is -0.278. The Labute approximate surface area is 160 Å². The number of amides is 1. The Bertz CT molecular complexity index is 944. The number of methoxy groups -OCH3 is 1. The Kier molecular flexibility index (Phi) is 4.87. The maximum atomic E-state index is 12.6. The summed E-state index contributed by atoms with van der Waals surface area (Å²) in [4.78, 5) is 12.6. The third kappa shape index (κ3) is 3.69. The fraction of sp³-hybridized carbons (Fsp3) is 0.333. The molecule has 27 heavy (non-hydrogen) atoms. The van der Waals surface area contributed by atoms with Gasteiger partial charge >= 0.3 is 0 Å². The molecule has 140 valence electrons. The zero-order valence-corrected chi connectivity index (χ0v) is 15.8. The van der Waals surface area contributed by atoms with Crippen molar-refractivity contribution < 1.29 is 14.3 Å². The van der Waals surface area contributed by atoms with E-state index >= 15 is 0 Å². The molecule has 0 spiro atoms. The Morgan fingerprint density at radius 2 is 2.15 bits per heavy atom. The normalized spacial score (nSPS) is 16.4. The van der Waals surface area contributed by atoms with Crippen LogP contribution >= 0.6 is 11.3 Å². The summed E-state index contributed by atoms with van der Waals surface area (Å²) in [6, 6.07) is 9.28. The highest BCUT2D eigenvalue weighted by Crippen LogP contribution is 2.32. The molecule has 4 rings (SSSR count). The lowest BCUT2D eigenvalue weighted by Gasteiger charge is -2.02. The molecule has 1 aliphatic rings. The van der Waals surface area contributed by atoms with Crippen LogP contribution in [0.1, 0.15) is 34.4 Å². The molecule has 0 radical (unpaired) electrons. The standard InChI is InChI=1S/C18H19N5O3S/c1-23-14(10-13(22-23)11-5-7-12(25-2)8-6-11)16(24)19-18-21-20-17(27-18)15-4-3-9-26-15/h5-8,10,15H,3-4,9H2,1-2H3,(H,19,21,24)/t15-/m1/s1. The SMILES string of the molecule is COc1ccc(-c2cc(C(=O)Nc3nnc([C@H]4CCCO4)s3)n(C)n2)cc1. The molecule has 0 aliphatic carbocycles. The predicted molar refractivity (Wildman–Crippen MR) is 101 cm³/mol. The molecule has 0 saturated carbocycles. The van der Waals surface area contributed by atoms with Crippen LogP contribution in [0.15, 0.2) is 30.3 Å². The maximum absolute atomic E-state index is 12.6. The topological polar surface area (TPSA) is 91.2 Å². The second kappa shape index (κ2) is 7.45. The molecule has 3 aromatic rings. The van der Waals surface area contributed by atoms with Crippen LogP contribution in [0, 0.1) is 0 Å². The van der Waals surface area contributed by atoms with Crippen molar-refractivity contribution in [3.8, 4) is 17.0 Å². The predicted octanol–water partition coefficient (Wildman–Crippen LogP) is 3.05. The third-order valence-electron chi connectivity index (χ3n) is 4.36. The van der Waals surface area contributed by atoms with Crippen LogP contribution in [0.2, 0.25) is 0 Å². The molecule has 1 amide bonds. The summed E-state index contributed by atoms with van der Waals surface area (Å²) in [5, 5.41) is 16.7. The van der Waals surface area contributed by atoms with Gasteiger partial charge in [0.1, 0.15) is 22.6 Å². The lowest BCUT2D eigenvalue weighted by Crippen LogP contribution is -2.15. The minimum Gasteiger partial charge on any atom is -0.497 e. The van der Waals surface area contributed by atoms with Crippen LogP contribution in [0.4, 0.5) is 5.13 Å². The fourth-order valence-electron chi connectivity index (χ4n) is 2.93. The number of rotatable bonds is 5. The second-order valence-corrected chi connectivity index (χ2v) is 7.18. The van der Waals surface area contributed by atoms with E-state index in [1.807, 2.05) is 24.3 Å². The first-order chi connectivity index (χ1) is 13.1. The largest absolute Gasteiger partial charge is 0.497 e. The van der Waals surface area contributed by atoms with Gasteiger partial charge in [0.05, 0.1) is 12.8 Å². The number of benzene rings is 1. The van der Waals surface area contributed by atoms with Gasteiger partial charge in [-0.2, -0.15) is 5.10 Å². The highest BCUT2D eigenvalue weighted by molar-refractivity contribution is 7.15. The number of nitrogens with zero attached hydrogens (tertiary/aromatic N) is 4. The molecule has 1 fully saturated rings. The monoisotopic (exact) mass is 385 g/mol. The molecule has 1 N–H and O–H groups in total. The number of nitrogens with one attached hydrogen (secondary N) is 1. The highest BCUT2D eigenvalue weighted by Gasteiger charge is 2.23. The number of carbonyl (C=O) groups excluding carboxylic acids is 1. The van der Waals surface area contributed by atoms with E-state index in [1.165, 1.54) is 11.3 Å². The Hall–Kier alpha value is -2.78.